The molecule has 1 unspecified atom stereocenters. The van der Waals surface area contributed by atoms with E-state index in [0.717, 1.165) is 18.9 Å². The minimum Gasteiger partial charge on any atom is -0.469 e. The Morgan fingerprint density at radius 1 is 1.53 bits per heavy atom. The summed E-state index contributed by atoms with van der Waals surface area (Å²) in [6.45, 7) is 5.64. The number of fused-ring (bicyclic) bond motifs is 1. The Kier molecular flexibility index (Phi) is 3.47. The predicted molar refractivity (Wildman–Crippen MR) is 61.8 cm³/mol. The molecule has 2 heterocycles. The zero-order chi connectivity index (χ0) is 10.7. The van der Waals surface area contributed by atoms with Crippen LogP contribution in [-0.2, 0) is 6.42 Å². The van der Waals surface area contributed by atoms with Gasteiger partial charge in [-0.2, -0.15) is 0 Å². The molecule has 2 nitrogen and oxygen atoms in total. The summed E-state index contributed by atoms with van der Waals surface area (Å²) >= 11 is 0. The number of hydrogen-bond donors (Lipinski definition) is 1. The van der Waals surface area contributed by atoms with E-state index < -0.39 is 0 Å². The average molecular weight is 207 g/mol. The minimum absolute atomic E-state index is 0.534. The molecule has 15 heavy (non-hydrogen) atoms. The van der Waals surface area contributed by atoms with E-state index in [-0.39, 0.29) is 0 Å². The summed E-state index contributed by atoms with van der Waals surface area (Å²) in [7, 11) is 0. The maximum Gasteiger partial charge on any atom is 0.109 e. The molecule has 1 atom stereocenters. The van der Waals surface area contributed by atoms with Crippen LogP contribution < -0.4 is 5.32 Å². The van der Waals surface area contributed by atoms with Crippen LogP contribution >= 0.6 is 0 Å². The van der Waals surface area contributed by atoms with Gasteiger partial charge >= 0.3 is 0 Å². The fourth-order valence-corrected chi connectivity index (χ4v) is 2.32. The minimum atomic E-state index is 0.534. The highest BCUT2D eigenvalue weighted by Gasteiger charge is 2.21. The topological polar surface area (TPSA) is 25.2 Å². The Balaban J connectivity index is 1.89. The Labute approximate surface area is 92.1 Å². The molecule has 0 fully saturated rings. The van der Waals surface area contributed by atoms with Gasteiger partial charge in [-0.25, -0.2) is 0 Å². The molecule has 0 saturated carbocycles. The summed E-state index contributed by atoms with van der Waals surface area (Å²) in [6.07, 6.45) is 6.74. The molecule has 1 aromatic rings. The molecule has 1 aromatic heterocycles. The quantitative estimate of drug-likeness (QED) is 0.819. The zero-order valence-corrected chi connectivity index (χ0v) is 9.75. The lowest BCUT2D eigenvalue weighted by atomic mass is 9.95. The van der Waals surface area contributed by atoms with Crippen LogP contribution in [0, 0.1) is 5.92 Å². The number of furan rings is 1. The maximum absolute atomic E-state index is 5.47. The van der Waals surface area contributed by atoms with Gasteiger partial charge in [0.05, 0.1) is 6.26 Å². The van der Waals surface area contributed by atoms with Crippen molar-refractivity contribution in [3.63, 3.8) is 0 Å². The van der Waals surface area contributed by atoms with Crippen molar-refractivity contribution in [2.75, 3.05) is 6.54 Å². The van der Waals surface area contributed by atoms with Crippen molar-refractivity contribution in [2.45, 2.75) is 45.6 Å². The largest absolute Gasteiger partial charge is 0.469 e. The van der Waals surface area contributed by atoms with Gasteiger partial charge in [0, 0.05) is 24.6 Å². The van der Waals surface area contributed by atoms with Crippen molar-refractivity contribution < 1.29 is 4.42 Å². The Bertz CT molecular complexity index is 303. The molecule has 1 N–H and O–H groups in total. The summed E-state index contributed by atoms with van der Waals surface area (Å²) in [5, 5.41) is 3.58. The third-order valence-electron chi connectivity index (χ3n) is 3.17. The van der Waals surface area contributed by atoms with Gasteiger partial charge < -0.3 is 9.73 Å². The van der Waals surface area contributed by atoms with Gasteiger partial charge in [0.25, 0.3) is 0 Å². The monoisotopic (exact) mass is 207 g/mol. The molecular weight excluding hydrogens is 186 g/mol. The van der Waals surface area contributed by atoms with Crippen LogP contribution in [0.5, 0.6) is 0 Å². The summed E-state index contributed by atoms with van der Waals surface area (Å²) in [5.41, 5.74) is 1.39. The van der Waals surface area contributed by atoms with Gasteiger partial charge in [-0.1, -0.05) is 26.7 Å². The normalized spacial score (nSPS) is 20.6. The van der Waals surface area contributed by atoms with Crippen molar-refractivity contribution in [1.29, 1.82) is 0 Å². The van der Waals surface area contributed by atoms with Gasteiger partial charge in [-0.15, -0.1) is 0 Å². The molecule has 1 aliphatic rings. The average Bonchev–Trinajstić information content (AvgIpc) is 2.65. The Morgan fingerprint density at radius 3 is 3.20 bits per heavy atom. The van der Waals surface area contributed by atoms with Crippen molar-refractivity contribution in [1.82, 2.24) is 5.32 Å². The number of rotatable bonds is 4. The second-order valence-electron chi connectivity index (χ2n) is 4.88. The fraction of sp³-hybridized carbons (Fsp3) is 0.692. The van der Waals surface area contributed by atoms with E-state index in [4.69, 9.17) is 4.42 Å². The smallest absolute Gasteiger partial charge is 0.109 e. The molecule has 0 amide bonds. The van der Waals surface area contributed by atoms with Crippen LogP contribution in [0.2, 0.25) is 0 Å². The third kappa shape index (κ3) is 2.63. The second kappa shape index (κ2) is 4.84. The van der Waals surface area contributed by atoms with Gasteiger partial charge in [0.1, 0.15) is 5.76 Å². The van der Waals surface area contributed by atoms with Gasteiger partial charge in [0.2, 0.25) is 0 Å². The van der Waals surface area contributed by atoms with Gasteiger partial charge in [-0.3, -0.25) is 0 Å². The van der Waals surface area contributed by atoms with Crippen LogP contribution in [0.3, 0.4) is 0 Å². The molecule has 0 spiro atoms. The first-order valence-electron chi connectivity index (χ1n) is 6.07. The lowest BCUT2D eigenvalue weighted by Gasteiger charge is -2.23. The molecular formula is C13H21NO. The highest BCUT2D eigenvalue weighted by molar-refractivity contribution is 5.24. The maximum atomic E-state index is 5.47. The molecule has 0 aromatic carbocycles. The first kappa shape index (κ1) is 10.7. The lowest BCUT2D eigenvalue weighted by molar-refractivity contribution is 0.400. The van der Waals surface area contributed by atoms with Crippen LogP contribution in [0.15, 0.2) is 16.7 Å². The van der Waals surface area contributed by atoms with Crippen molar-refractivity contribution in [2.24, 2.45) is 5.92 Å². The Hall–Kier alpha value is -0.760. The molecule has 0 bridgehead atoms. The van der Waals surface area contributed by atoms with E-state index in [9.17, 15) is 0 Å². The van der Waals surface area contributed by atoms with Crippen LogP contribution in [0.1, 0.15) is 50.5 Å². The van der Waals surface area contributed by atoms with E-state index >= 15 is 0 Å². The van der Waals surface area contributed by atoms with Gasteiger partial charge in [-0.05, 0) is 18.4 Å². The molecule has 84 valence electrons. The van der Waals surface area contributed by atoms with Crippen LogP contribution in [0.25, 0.3) is 0 Å². The zero-order valence-electron chi connectivity index (χ0n) is 9.75. The fourth-order valence-electron chi connectivity index (χ4n) is 2.32. The van der Waals surface area contributed by atoms with Crippen molar-refractivity contribution in [3.05, 3.63) is 23.7 Å². The molecule has 2 rings (SSSR count). The van der Waals surface area contributed by atoms with E-state index in [1.807, 2.05) is 6.26 Å². The third-order valence-corrected chi connectivity index (χ3v) is 3.17. The number of hydrogen-bond acceptors (Lipinski definition) is 2. The van der Waals surface area contributed by atoms with Gasteiger partial charge in [0.15, 0.2) is 0 Å². The molecule has 1 aliphatic heterocycles. The second-order valence-corrected chi connectivity index (χ2v) is 4.88. The number of nitrogens with one attached hydrogen (secondary N) is 1. The summed E-state index contributed by atoms with van der Waals surface area (Å²) in [6, 6.07) is 2.66. The summed E-state index contributed by atoms with van der Waals surface area (Å²) in [4.78, 5) is 0. The highest BCUT2D eigenvalue weighted by Crippen LogP contribution is 2.28. The lowest BCUT2D eigenvalue weighted by Crippen LogP contribution is -2.28. The molecule has 0 radical (unpaired) electrons. The van der Waals surface area contributed by atoms with E-state index in [2.05, 4.69) is 25.2 Å². The highest BCUT2D eigenvalue weighted by atomic mass is 16.3. The molecule has 0 aliphatic carbocycles. The van der Waals surface area contributed by atoms with E-state index in [0.29, 0.717) is 6.04 Å². The standard InChI is InChI=1S/C13H21NO/c1-10(2)4-3-5-12-11-7-9-15-13(11)6-8-14-12/h7,9-10,12,14H,3-6,8H2,1-2H3. The summed E-state index contributed by atoms with van der Waals surface area (Å²) in [5.74, 6) is 2.01. The van der Waals surface area contributed by atoms with Crippen LogP contribution in [0.4, 0.5) is 0 Å². The van der Waals surface area contributed by atoms with E-state index in [1.54, 1.807) is 0 Å². The first-order valence-corrected chi connectivity index (χ1v) is 6.07. The first-order chi connectivity index (χ1) is 7.27. The molecule has 2 heteroatoms. The SMILES string of the molecule is CC(C)CCCC1NCCc2occc21. The van der Waals surface area contributed by atoms with Crippen LogP contribution in [-0.4, -0.2) is 6.54 Å². The molecule has 0 saturated heterocycles. The van der Waals surface area contributed by atoms with E-state index in [1.165, 1.54) is 30.6 Å². The Morgan fingerprint density at radius 2 is 2.40 bits per heavy atom. The predicted octanol–water partition coefficient (Wildman–Crippen LogP) is 3.29. The van der Waals surface area contributed by atoms with Crippen molar-refractivity contribution >= 4 is 0 Å². The summed E-state index contributed by atoms with van der Waals surface area (Å²) < 4.78 is 5.47. The van der Waals surface area contributed by atoms with Crippen molar-refractivity contribution in [3.8, 4) is 0 Å².